The molecule has 0 radical (unpaired) electrons. The van der Waals surface area contributed by atoms with Crippen molar-refractivity contribution in [3.8, 4) is 0 Å². The predicted octanol–water partition coefficient (Wildman–Crippen LogP) is 1.22. The third-order valence-corrected chi connectivity index (χ3v) is 3.43. The Kier molecular flexibility index (Phi) is 2.13. The van der Waals surface area contributed by atoms with Crippen molar-refractivity contribution in [3.63, 3.8) is 0 Å². The zero-order chi connectivity index (χ0) is 8.60. The molecule has 0 aromatic carbocycles. The molecule has 2 saturated heterocycles. The predicted molar refractivity (Wildman–Crippen MR) is 51.3 cm³/mol. The quantitative estimate of drug-likeness (QED) is 0.633. The third kappa shape index (κ3) is 1.17. The van der Waals surface area contributed by atoms with Gasteiger partial charge in [-0.05, 0) is 33.2 Å². The van der Waals surface area contributed by atoms with Gasteiger partial charge in [0.2, 0.25) is 0 Å². The van der Waals surface area contributed by atoms with Gasteiger partial charge < -0.3 is 5.32 Å². The Balaban J connectivity index is 2.06. The highest BCUT2D eigenvalue weighted by Gasteiger charge is 2.44. The summed E-state index contributed by atoms with van der Waals surface area (Å²) in [7, 11) is 0. The highest BCUT2D eigenvalue weighted by molar-refractivity contribution is 5.04. The van der Waals surface area contributed by atoms with Gasteiger partial charge in [-0.15, -0.1) is 0 Å². The molecule has 1 spiro atoms. The van der Waals surface area contributed by atoms with Crippen LogP contribution < -0.4 is 5.32 Å². The van der Waals surface area contributed by atoms with Crippen LogP contribution in [0.15, 0.2) is 0 Å². The summed E-state index contributed by atoms with van der Waals surface area (Å²) in [4.78, 5) is 2.70. The van der Waals surface area contributed by atoms with Crippen LogP contribution in [0, 0.1) is 0 Å². The summed E-state index contributed by atoms with van der Waals surface area (Å²) in [5, 5.41) is 3.41. The molecule has 0 aromatic rings. The summed E-state index contributed by atoms with van der Waals surface area (Å²) in [6.45, 7) is 8.42. The van der Waals surface area contributed by atoms with Gasteiger partial charge in [0, 0.05) is 24.7 Å². The van der Waals surface area contributed by atoms with E-state index in [4.69, 9.17) is 0 Å². The molecular weight excluding hydrogens is 148 g/mol. The van der Waals surface area contributed by atoms with Crippen molar-refractivity contribution in [2.24, 2.45) is 0 Å². The van der Waals surface area contributed by atoms with Crippen LogP contribution in [0.2, 0.25) is 0 Å². The Hall–Kier alpha value is -0.0800. The second-order valence-electron chi connectivity index (χ2n) is 4.57. The Labute approximate surface area is 75.3 Å². The lowest BCUT2D eigenvalue weighted by Crippen LogP contribution is -2.71. The topological polar surface area (TPSA) is 15.3 Å². The van der Waals surface area contributed by atoms with Crippen molar-refractivity contribution < 1.29 is 0 Å². The van der Waals surface area contributed by atoms with Crippen molar-refractivity contribution in [2.75, 3.05) is 19.6 Å². The zero-order valence-corrected chi connectivity index (χ0v) is 8.27. The molecule has 0 amide bonds. The van der Waals surface area contributed by atoms with Gasteiger partial charge in [0.05, 0.1) is 0 Å². The van der Waals surface area contributed by atoms with E-state index in [0.29, 0.717) is 5.54 Å². The number of likely N-dealkylation sites (tertiary alicyclic amines) is 1. The molecule has 0 saturated carbocycles. The highest BCUT2D eigenvalue weighted by atomic mass is 15.3. The molecule has 2 aliphatic heterocycles. The molecule has 2 rings (SSSR count). The van der Waals surface area contributed by atoms with E-state index >= 15 is 0 Å². The fourth-order valence-corrected chi connectivity index (χ4v) is 2.72. The normalized spacial score (nSPS) is 29.2. The van der Waals surface area contributed by atoms with Gasteiger partial charge in [-0.2, -0.15) is 0 Å². The van der Waals surface area contributed by atoms with E-state index in [1.54, 1.807) is 0 Å². The smallest absolute Gasteiger partial charge is 0.0460 e. The molecule has 2 heteroatoms. The minimum Gasteiger partial charge on any atom is -0.313 e. The average molecular weight is 168 g/mol. The first-order valence-electron chi connectivity index (χ1n) is 5.22. The van der Waals surface area contributed by atoms with Gasteiger partial charge in [-0.3, -0.25) is 4.90 Å². The lowest BCUT2D eigenvalue weighted by atomic mass is 9.80. The second kappa shape index (κ2) is 3.00. The van der Waals surface area contributed by atoms with E-state index in [-0.39, 0.29) is 0 Å². The van der Waals surface area contributed by atoms with Crippen LogP contribution in [0.25, 0.3) is 0 Å². The number of rotatable bonds is 1. The van der Waals surface area contributed by atoms with Crippen molar-refractivity contribution in [1.29, 1.82) is 0 Å². The fourth-order valence-electron chi connectivity index (χ4n) is 2.72. The number of piperidine rings is 1. The largest absolute Gasteiger partial charge is 0.313 e. The lowest BCUT2D eigenvalue weighted by Gasteiger charge is -2.55. The summed E-state index contributed by atoms with van der Waals surface area (Å²) < 4.78 is 0. The SMILES string of the molecule is CC(C)N1CCCCC12CNC2. The summed E-state index contributed by atoms with van der Waals surface area (Å²) in [5.74, 6) is 0. The summed E-state index contributed by atoms with van der Waals surface area (Å²) in [6.07, 6.45) is 4.25. The van der Waals surface area contributed by atoms with E-state index in [9.17, 15) is 0 Å². The van der Waals surface area contributed by atoms with Crippen molar-refractivity contribution in [3.05, 3.63) is 0 Å². The van der Waals surface area contributed by atoms with E-state index in [2.05, 4.69) is 24.1 Å². The Morgan fingerprint density at radius 2 is 2.00 bits per heavy atom. The lowest BCUT2D eigenvalue weighted by molar-refractivity contribution is -0.0188. The fraction of sp³-hybridized carbons (Fsp3) is 1.00. The molecule has 0 aromatic heterocycles. The Morgan fingerprint density at radius 1 is 1.25 bits per heavy atom. The van der Waals surface area contributed by atoms with Crippen LogP contribution in [-0.4, -0.2) is 36.1 Å². The van der Waals surface area contributed by atoms with Crippen LogP contribution >= 0.6 is 0 Å². The molecule has 2 nitrogen and oxygen atoms in total. The molecule has 12 heavy (non-hydrogen) atoms. The van der Waals surface area contributed by atoms with Gasteiger partial charge >= 0.3 is 0 Å². The van der Waals surface area contributed by atoms with Crippen molar-refractivity contribution in [2.45, 2.75) is 44.7 Å². The molecule has 0 aliphatic carbocycles. The molecule has 70 valence electrons. The van der Waals surface area contributed by atoms with E-state index in [1.165, 1.54) is 38.9 Å². The number of nitrogens with zero attached hydrogens (tertiary/aromatic N) is 1. The first-order chi connectivity index (χ1) is 5.75. The van der Waals surface area contributed by atoms with Crippen LogP contribution in [0.4, 0.5) is 0 Å². The van der Waals surface area contributed by atoms with E-state index in [1.807, 2.05) is 0 Å². The Morgan fingerprint density at radius 3 is 2.42 bits per heavy atom. The molecule has 2 aliphatic rings. The maximum absolute atomic E-state index is 3.41. The van der Waals surface area contributed by atoms with E-state index in [0.717, 1.165) is 6.04 Å². The molecule has 2 heterocycles. The average Bonchev–Trinajstić information content (AvgIpc) is 2.01. The van der Waals surface area contributed by atoms with Crippen LogP contribution in [-0.2, 0) is 0 Å². The molecule has 1 N–H and O–H groups in total. The third-order valence-electron chi connectivity index (χ3n) is 3.43. The van der Waals surface area contributed by atoms with E-state index < -0.39 is 0 Å². The standard InChI is InChI=1S/C10H20N2/c1-9(2)12-6-4-3-5-10(12)7-11-8-10/h9,11H,3-8H2,1-2H3. The first kappa shape index (κ1) is 8.52. The number of hydrogen-bond acceptors (Lipinski definition) is 2. The van der Waals surface area contributed by atoms with Crippen molar-refractivity contribution in [1.82, 2.24) is 10.2 Å². The van der Waals surface area contributed by atoms with Crippen molar-refractivity contribution >= 4 is 0 Å². The second-order valence-corrected chi connectivity index (χ2v) is 4.57. The first-order valence-corrected chi connectivity index (χ1v) is 5.22. The van der Waals surface area contributed by atoms with Crippen LogP contribution in [0.5, 0.6) is 0 Å². The zero-order valence-electron chi connectivity index (χ0n) is 8.27. The Bertz CT molecular complexity index is 161. The number of nitrogens with one attached hydrogen (secondary N) is 1. The van der Waals surface area contributed by atoms with Crippen LogP contribution in [0.3, 0.4) is 0 Å². The maximum Gasteiger partial charge on any atom is 0.0460 e. The molecular formula is C10H20N2. The molecule has 0 bridgehead atoms. The summed E-state index contributed by atoms with van der Waals surface area (Å²) in [5.41, 5.74) is 0.562. The minimum atomic E-state index is 0.562. The number of hydrogen-bond donors (Lipinski definition) is 1. The van der Waals surface area contributed by atoms with Crippen LogP contribution in [0.1, 0.15) is 33.1 Å². The molecule has 0 unspecified atom stereocenters. The maximum atomic E-state index is 3.41. The minimum absolute atomic E-state index is 0.562. The van der Waals surface area contributed by atoms with Gasteiger partial charge in [0.15, 0.2) is 0 Å². The van der Waals surface area contributed by atoms with Gasteiger partial charge in [0.25, 0.3) is 0 Å². The monoisotopic (exact) mass is 168 g/mol. The highest BCUT2D eigenvalue weighted by Crippen LogP contribution is 2.32. The van der Waals surface area contributed by atoms with Gasteiger partial charge in [-0.25, -0.2) is 0 Å². The summed E-state index contributed by atoms with van der Waals surface area (Å²) in [6, 6.07) is 0.729. The molecule has 2 fully saturated rings. The van der Waals surface area contributed by atoms with Gasteiger partial charge in [0.1, 0.15) is 0 Å². The van der Waals surface area contributed by atoms with Gasteiger partial charge in [-0.1, -0.05) is 6.42 Å². The molecule has 0 atom stereocenters. The summed E-state index contributed by atoms with van der Waals surface area (Å²) >= 11 is 0.